The number of hydrogen-bond donors (Lipinski definition) is 2. The fraction of sp³-hybridized carbons (Fsp3) is 0.350. The van der Waals surface area contributed by atoms with Gasteiger partial charge in [0.2, 0.25) is 0 Å². The highest BCUT2D eigenvalue weighted by atomic mass is 19.1. The summed E-state index contributed by atoms with van der Waals surface area (Å²) in [7, 11) is 2.09. The second-order valence-corrected chi connectivity index (χ2v) is 6.81. The van der Waals surface area contributed by atoms with Crippen LogP contribution in [0.4, 0.5) is 15.8 Å². The Balaban J connectivity index is 1.81. The Morgan fingerprint density at radius 1 is 1.15 bits per heavy atom. The normalized spacial score (nSPS) is 16.3. The molecule has 3 N–H and O–H groups in total. The van der Waals surface area contributed by atoms with Gasteiger partial charge in [0.1, 0.15) is 5.82 Å². The zero-order valence-electron chi connectivity index (χ0n) is 15.2. The van der Waals surface area contributed by atoms with Crippen molar-refractivity contribution in [2.24, 2.45) is 0 Å². The number of likely N-dealkylation sites (N-methyl/N-ethyl adjacent to an activating group) is 1. The highest BCUT2D eigenvalue weighted by Gasteiger charge is 2.21. The molecule has 3 rings (SSSR count). The summed E-state index contributed by atoms with van der Waals surface area (Å²) >= 11 is 0. The number of anilines is 2. The minimum Gasteiger partial charge on any atom is -0.399 e. The van der Waals surface area contributed by atoms with E-state index in [-0.39, 0.29) is 17.8 Å². The molecule has 1 heterocycles. The quantitative estimate of drug-likeness (QED) is 0.827. The van der Waals surface area contributed by atoms with E-state index in [0.717, 1.165) is 37.4 Å². The lowest BCUT2D eigenvalue weighted by Crippen LogP contribution is -2.45. The molecular weight excluding hydrogens is 331 g/mol. The number of carbonyl (C=O) groups is 1. The first-order valence-corrected chi connectivity index (χ1v) is 8.83. The van der Waals surface area contributed by atoms with Gasteiger partial charge >= 0.3 is 0 Å². The molecular formula is C20H25FN4O. The second kappa shape index (κ2) is 7.74. The van der Waals surface area contributed by atoms with Crippen LogP contribution in [0, 0.1) is 5.82 Å². The molecule has 26 heavy (non-hydrogen) atoms. The van der Waals surface area contributed by atoms with Crippen LogP contribution in [-0.4, -0.2) is 44.0 Å². The number of carbonyl (C=O) groups excluding carboxylic acids is 1. The van der Waals surface area contributed by atoms with Gasteiger partial charge in [-0.3, -0.25) is 4.79 Å². The summed E-state index contributed by atoms with van der Waals surface area (Å²) in [4.78, 5) is 17.0. The van der Waals surface area contributed by atoms with Crippen LogP contribution in [0.15, 0.2) is 42.5 Å². The molecule has 1 atom stereocenters. The number of hydrogen-bond acceptors (Lipinski definition) is 4. The Kier molecular flexibility index (Phi) is 5.42. The van der Waals surface area contributed by atoms with Crippen molar-refractivity contribution < 1.29 is 9.18 Å². The molecule has 138 valence electrons. The van der Waals surface area contributed by atoms with E-state index >= 15 is 0 Å². The molecule has 5 nitrogen and oxygen atoms in total. The Morgan fingerprint density at radius 3 is 2.58 bits per heavy atom. The topological polar surface area (TPSA) is 61.6 Å². The molecule has 0 aromatic heterocycles. The third-order valence-corrected chi connectivity index (χ3v) is 4.80. The highest BCUT2D eigenvalue weighted by molar-refractivity contribution is 5.95. The number of nitrogens with one attached hydrogen (secondary N) is 1. The molecule has 2 aromatic rings. The van der Waals surface area contributed by atoms with Crippen molar-refractivity contribution >= 4 is 17.3 Å². The third kappa shape index (κ3) is 4.14. The molecule has 1 saturated heterocycles. The molecule has 1 aliphatic heterocycles. The van der Waals surface area contributed by atoms with Crippen LogP contribution in [0.1, 0.15) is 28.9 Å². The standard InChI is InChI=1S/C20H25FN4O/c1-14(23-20(26)15-4-3-5-17(22)12-15)18-13-16(21)6-7-19(18)25-10-8-24(2)9-11-25/h3-7,12-14H,8-11,22H2,1-2H3,(H,23,26). The van der Waals surface area contributed by atoms with Gasteiger partial charge in [-0.2, -0.15) is 0 Å². The first-order chi connectivity index (χ1) is 12.4. The molecule has 0 spiro atoms. The monoisotopic (exact) mass is 356 g/mol. The molecule has 2 aromatic carbocycles. The van der Waals surface area contributed by atoms with Crippen molar-refractivity contribution in [3.8, 4) is 0 Å². The molecule has 1 aliphatic rings. The maximum Gasteiger partial charge on any atom is 0.251 e. The summed E-state index contributed by atoms with van der Waals surface area (Å²) in [5, 5.41) is 2.96. The Hall–Kier alpha value is -2.60. The number of nitrogens with two attached hydrogens (primary N) is 1. The number of halogens is 1. The third-order valence-electron chi connectivity index (χ3n) is 4.80. The van der Waals surface area contributed by atoms with Crippen LogP contribution in [0.25, 0.3) is 0 Å². The number of nitrogen functional groups attached to an aromatic ring is 1. The summed E-state index contributed by atoms with van der Waals surface area (Å²) < 4.78 is 13.9. The largest absolute Gasteiger partial charge is 0.399 e. The van der Waals surface area contributed by atoms with Gasteiger partial charge in [0, 0.05) is 48.7 Å². The van der Waals surface area contributed by atoms with E-state index in [9.17, 15) is 9.18 Å². The van der Waals surface area contributed by atoms with E-state index in [1.165, 1.54) is 12.1 Å². The Morgan fingerprint density at radius 2 is 1.88 bits per heavy atom. The van der Waals surface area contributed by atoms with Crippen LogP contribution in [-0.2, 0) is 0 Å². The highest BCUT2D eigenvalue weighted by Crippen LogP contribution is 2.28. The van der Waals surface area contributed by atoms with Gasteiger partial charge in [-0.1, -0.05) is 6.07 Å². The first-order valence-electron chi connectivity index (χ1n) is 8.83. The second-order valence-electron chi connectivity index (χ2n) is 6.81. The lowest BCUT2D eigenvalue weighted by Gasteiger charge is -2.36. The van der Waals surface area contributed by atoms with Gasteiger partial charge in [0.25, 0.3) is 5.91 Å². The lowest BCUT2D eigenvalue weighted by molar-refractivity contribution is 0.0940. The zero-order chi connectivity index (χ0) is 18.7. The van der Waals surface area contributed by atoms with Gasteiger partial charge < -0.3 is 20.9 Å². The van der Waals surface area contributed by atoms with Crippen molar-refractivity contribution in [2.75, 3.05) is 43.9 Å². The van der Waals surface area contributed by atoms with Gasteiger partial charge in [0.15, 0.2) is 0 Å². The lowest BCUT2D eigenvalue weighted by atomic mass is 10.0. The zero-order valence-corrected chi connectivity index (χ0v) is 15.2. The summed E-state index contributed by atoms with van der Waals surface area (Å²) in [6.45, 7) is 5.55. The van der Waals surface area contributed by atoms with E-state index in [0.29, 0.717) is 11.3 Å². The maximum atomic E-state index is 13.9. The number of amides is 1. The van der Waals surface area contributed by atoms with Crippen LogP contribution >= 0.6 is 0 Å². The molecule has 0 radical (unpaired) electrons. The number of rotatable bonds is 4. The van der Waals surface area contributed by atoms with Gasteiger partial charge in [-0.25, -0.2) is 4.39 Å². The van der Waals surface area contributed by atoms with Crippen LogP contribution in [0.2, 0.25) is 0 Å². The van der Waals surface area contributed by atoms with Crippen molar-refractivity contribution in [1.29, 1.82) is 0 Å². The summed E-state index contributed by atoms with van der Waals surface area (Å²) in [5.41, 5.74) is 8.54. The van der Waals surface area contributed by atoms with E-state index < -0.39 is 0 Å². The van der Waals surface area contributed by atoms with Crippen LogP contribution < -0.4 is 16.0 Å². The van der Waals surface area contributed by atoms with Crippen molar-refractivity contribution in [3.05, 3.63) is 59.4 Å². The van der Waals surface area contributed by atoms with Gasteiger partial charge in [-0.15, -0.1) is 0 Å². The van der Waals surface area contributed by atoms with E-state index in [1.807, 2.05) is 6.92 Å². The predicted octanol–water partition coefficient (Wildman–Crippen LogP) is 2.65. The Bertz CT molecular complexity index is 787. The fourth-order valence-electron chi connectivity index (χ4n) is 3.25. The number of piperazine rings is 1. The molecule has 6 heteroatoms. The van der Waals surface area contributed by atoms with E-state index in [2.05, 4.69) is 22.2 Å². The summed E-state index contributed by atoms with van der Waals surface area (Å²) in [5.74, 6) is -0.527. The first kappa shape index (κ1) is 18.2. The minimum absolute atomic E-state index is 0.224. The molecule has 0 bridgehead atoms. The molecule has 0 aliphatic carbocycles. The van der Waals surface area contributed by atoms with Gasteiger partial charge in [0.05, 0.1) is 6.04 Å². The summed E-state index contributed by atoms with van der Waals surface area (Å²) in [6.07, 6.45) is 0. The SMILES string of the molecule is CC(NC(=O)c1cccc(N)c1)c1cc(F)ccc1N1CCN(C)CC1. The van der Waals surface area contributed by atoms with Crippen molar-refractivity contribution in [2.45, 2.75) is 13.0 Å². The molecule has 1 fully saturated rings. The molecule has 1 amide bonds. The molecule has 0 saturated carbocycles. The average molecular weight is 356 g/mol. The fourth-order valence-corrected chi connectivity index (χ4v) is 3.25. The van der Waals surface area contributed by atoms with E-state index in [1.54, 1.807) is 30.3 Å². The van der Waals surface area contributed by atoms with Crippen molar-refractivity contribution in [3.63, 3.8) is 0 Å². The average Bonchev–Trinajstić information content (AvgIpc) is 2.62. The van der Waals surface area contributed by atoms with Crippen LogP contribution in [0.5, 0.6) is 0 Å². The predicted molar refractivity (Wildman–Crippen MR) is 103 cm³/mol. The summed E-state index contributed by atoms with van der Waals surface area (Å²) in [6, 6.07) is 11.3. The van der Waals surface area contributed by atoms with Crippen LogP contribution in [0.3, 0.4) is 0 Å². The van der Waals surface area contributed by atoms with E-state index in [4.69, 9.17) is 5.73 Å². The molecule has 1 unspecified atom stereocenters. The number of nitrogens with zero attached hydrogens (tertiary/aromatic N) is 2. The van der Waals surface area contributed by atoms with Crippen molar-refractivity contribution in [1.82, 2.24) is 10.2 Å². The maximum absolute atomic E-state index is 13.9. The Labute approximate surface area is 153 Å². The minimum atomic E-state index is -0.325. The van der Waals surface area contributed by atoms with Gasteiger partial charge in [-0.05, 0) is 50.4 Å². The smallest absolute Gasteiger partial charge is 0.251 e. The number of benzene rings is 2.